The predicted octanol–water partition coefficient (Wildman–Crippen LogP) is 7.98. The molecule has 7 aromatic rings. The minimum Gasteiger partial charge on any atom is -0.445 e. The van der Waals surface area contributed by atoms with E-state index >= 15 is 0 Å². The van der Waals surface area contributed by atoms with E-state index in [0.29, 0.717) is 39.9 Å². The monoisotopic (exact) mass is 1620 g/mol. The van der Waals surface area contributed by atoms with Crippen LogP contribution in [0.5, 0.6) is 0 Å². The number of rotatable bonds is 32. The SMILES string of the molecule is CC(C)(C)[Si](C)(C)OC[C@H]1O[C@@H](O[C@@H]2[C@@H](O)[C@H](NC(=O)OCc3ccccc3)C[C@H](NC(=O)OCc3ccccc3)[C@H]2O[C@H]2O[C@@H]3COC(c4ccccc4)O[C@H]3[C@H](O)[C@H]2NC(=O)OCc2ccccc2)[C@H](OCCNCc2cccnc2)[C@@H]1O[C@H]1O[C@@H](CNC(=O)OCc2ccccc2)[C@@H](O)[C@H](O)[C@H]1NC(=O)OCc1ccccc1. The fraction of sp³-hybridized carbons (Fsp3) is 0.452. The van der Waals surface area contributed by atoms with Crippen molar-refractivity contribution in [2.45, 2.75) is 207 Å². The number of pyridine rings is 1. The second kappa shape index (κ2) is 41.5. The van der Waals surface area contributed by atoms with Crippen molar-refractivity contribution in [1.82, 2.24) is 36.9 Å². The Kier molecular flexibility index (Phi) is 30.7. The molecule has 31 nitrogen and oxygen atoms in total. The molecule has 5 amide bonds. The van der Waals surface area contributed by atoms with Crippen LogP contribution in [-0.4, -0.2) is 213 Å². The zero-order chi connectivity index (χ0) is 81.6. The number of aliphatic hydroxyl groups is 4. The Labute approximate surface area is 673 Å². The number of carbonyl (C=O) groups is 5. The highest BCUT2D eigenvalue weighted by Gasteiger charge is 2.59. The fourth-order valence-corrected chi connectivity index (χ4v) is 14.7. The lowest BCUT2D eigenvalue weighted by Gasteiger charge is -2.51. The first kappa shape index (κ1) is 85.8. The van der Waals surface area contributed by atoms with E-state index in [4.69, 9.17) is 70.7 Å². The van der Waals surface area contributed by atoms with Crippen LogP contribution >= 0.6 is 0 Å². The van der Waals surface area contributed by atoms with E-state index in [9.17, 15) is 44.4 Å². The zero-order valence-electron chi connectivity index (χ0n) is 65.1. The van der Waals surface area contributed by atoms with Gasteiger partial charge in [-0.05, 0) is 64.0 Å². The highest BCUT2D eigenvalue weighted by atomic mass is 28.4. The summed E-state index contributed by atoms with van der Waals surface area (Å²) in [7, 11) is -2.82. The van der Waals surface area contributed by atoms with Gasteiger partial charge in [0.2, 0.25) is 0 Å². The number of ether oxygens (including phenoxy) is 14. The molecule has 1 saturated carbocycles. The van der Waals surface area contributed by atoms with Crippen LogP contribution in [0.1, 0.15) is 72.4 Å². The van der Waals surface area contributed by atoms with E-state index in [1.807, 2.05) is 52.1 Å². The standard InChI is InChI=1S/C84H103N7O24Si/c1-84(2,3)116(4,5)108-51-63-72(114-76-64(90-82(99)106-48-55-31-18-9-19-32-55)68(94)67(93)61(109-76)44-87-79(96)103-45-52-25-12-6-13-26-52)74(101-40-39-86-43-57-35-24-38-85-42-57)78(111-63)115-73-66(92)59(88-80(97)104-46-53-27-14-7-15-28-53)41-60(89-81(98)105-47-54-29-16-8-17-30-54)70(73)112-77-65(91-83(100)107-49-56-33-20-10-21-34-56)69(95)71-62(110-77)50-102-75(113-71)58-36-22-11-23-37-58/h6-38,42,59-78,86,92-95H,39-41,43-51H2,1-5H3,(H,87,96)(H,88,97)(H,89,98)(H,90,99)(H,91,100)/t59-,60+,61+,62-,63-,64-,65-,66+,67-,68-,69-,70-,71-,72-,73-,74-,75?,76-,77-,78+/m1/s1. The van der Waals surface area contributed by atoms with Crippen LogP contribution in [-0.2, 0) is 110 Å². The predicted molar refractivity (Wildman–Crippen MR) is 417 cm³/mol. The number of benzene rings is 6. The number of aromatic nitrogens is 1. The number of nitrogens with one attached hydrogen (secondary N) is 6. The second-order valence-corrected chi connectivity index (χ2v) is 35.1. The van der Waals surface area contributed by atoms with Crippen molar-refractivity contribution in [2.24, 2.45) is 0 Å². The number of amides is 5. The third-order valence-electron chi connectivity index (χ3n) is 21.0. The molecule has 1 aromatic heterocycles. The van der Waals surface area contributed by atoms with E-state index in [0.717, 1.165) is 5.56 Å². The van der Waals surface area contributed by atoms with Crippen molar-refractivity contribution in [3.05, 3.63) is 245 Å². The summed E-state index contributed by atoms with van der Waals surface area (Å²) in [4.78, 5) is 75.2. The van der Waals surface area contributed by atoms with Gasteiger partial charge in [-0.1, -0.05) is 209 Å². The number of carbonyl (C=O) groups excluding carboxylic acids is 5. The molecule has 1 unspecified atom stereocenters. The summed E-state index contributed by atoms with van der Waals surface area (Å²) in [6.07, 6.45) is -27.4. The van der Waals surface area contributed by atoms with Crippen LogP contribution in [0.25, 0.3) is 0 Å². The largest absolute Gasteiger partial charge is 0.445 e. The summed E-state index contributed by atoms with van der Waals surface area (Å²) in [5.74, 6) is 0. The molecule has 4 aliphatic heterocycles. The van der Waals surface area contributed by atoms with Gasteiger partial charge >= 0.3 is 30.5 Å². The first-order chi connectivity index (χ1) is 56.1. The summed E-state index contributed by atoms with van der Waals surface area (Å²) in [5.41, 5.74) is 4.67. The van der Waals surface area contributed by atoms with Crippen LogP contribution in [0, 0.1) is 0 Å². The van der Waals surface area contributed by atoms with Gasteiger partial charge in [0.25, 0.3) is 0 Å². The lowest BCUT2D eigenvalue weighted by molar-refractivity contribution is -0.358. The summed E-state index contributed by atoms with van der Waals surface area (Å²) in [5, 5.41) is 67.4. The third-order valence-corrected chi connectivity index (χ3v) is 25.5. The normalized spacial score (nSPS) is 27.8. The van der Waals surface area contributed by atoms with Crippen LogP contribution in [0.4, 0.5) is 24.0 Å². The first-order valence-corrected chi connectivity index (χ1v) is 41.7. The minimum atomic E-state index is -2.82. The lowest BCUT2D eigenvalue weighted by atomic mass is 9.83. The smallest absolute Gasteiger partial charge is 0.407 e. The van der Waals surface area contributed by atoms with Crippen LogP contribution < -0.4 is 31.9 Å². The van der Waals surface area contributed by atoms with Gasteiger partial charge in [-0.25, -0.2) is 24.0 Å². The zero-order valence-corrected chi connectivity index (χ0v) is 66.1. The molecule has 12 rings (SSSR count). The lowest BCUT2D eigenvalue weighted by Crippen LogP contribution is -2.71. The van der Waals surface area contributed by atoms with Gasteiger partial charge < -0.3 is 123 Å². The number of alkyl carbamates (subject to hydrolysis) is 5. The molecular formula is C84H103N7O24Si. The Hall–Kier alpha value is -9.56. The second-order valence-electron chi connectivity index (χ2n) is 30.3. The molecule has 6 aromatic carbocycles. The average Bonchev–Trinajstić information content (AvgIpc) is 1.31. The minimum absolute atomic E-state index is 0.111. The number of hydrogen-bond acceptors (Lipinski definition) is 26. The van der Waals surface area contributed by atoms with Gasteiger partial charge in [0.15, 0.2) is 33.5 Å². The van der Waals surface area contributed by atoms with Gasteiger partial charge in [-0.2, -0.15) is 0 Å². The molecule has 10 N–H and O–H groups in total. The summed E-state index contributed by atoms with van der Waals surface area (Å²) >= 11 is 0. The molecule has 0 radical (unpaired) electrons. The van der Waals surface area contributed by atoms with E-state index in [-0.39, 0.29) is 65.8 Å². The maximum Gasteiger partial charge on any atom is 0.407 e. The number of fused-ring (bicyclic) bond motifs is 1. The molecule has 0 spiro atoms. The van der Waals surface area contributed by atoms with Gasteiger partial charge in [0, 0.05) is 37.6 Å². The maximum absolute atomic E-state index is 14.7. The molecule has 116 heavy (non-hydrogen) atoms. The van der Waals surface area contributed by atoms with Crippen molar-refractivity contribution in [2.75, 3.05) is 32.9 Å². The van der Waals surface area contributed by atoms with Crippen molar-refractivity contribution in [1.29, 1.82) is 0 Å². The van der Waals surface area contributed by atoms with Crippen LogP contribution in [0.2, 0.25) is 18.1 Å². The van der Waals surface area contributed by atoms with Crippen molar-refractivity contribution < 1.29 is 115 Å². The summed E-state index contributed by atoms with van der Waals surface area (Å²) in [6, 6.07) is 50.9. The first-order valence-electron chi connectivity index (χ1n) is 38.7. The molecule has 5 heterocycles. The fourth-order valence-electron chi connectivity index (χ4n) is 13.7. The summed E-state index contributed by atoms with van der Waals surface area (Å²) in [6.45, 7) is 8.58. The highest BCUT2D eigenvalue weighted by Crippen LogP contribution is 2.42. The quantitative estimate of drug-likeness (QED) is 0.0108. The Morgan fingerprint density at radius 2 is 0.931 bits per heavy atom. The highest BCUT2D eigenvalue weighted by molar-refractivity contribution is 6.74. The molecule has 622 valence electrons. The summed E-state index contributed by atoms with van der Waals surface area (Å²) < 4.78 is 97.6. The Morgan fingerprint density at radius 1 is 0.474 bits per heavy atom. The third kappa shape index (κ3) is 23.9. The molecule has 4 saturated heterocycles. The Morgan fingerprint density at radius 3 is 1.45 bits per heavy atom. The van der Waals surface area contributed by atoms with Crippen molar-refractivity contribution >= 4 is 38.8 Å². The topological polar surface area (TPSA) is 390 Å². The van der Waals surface area contributed by atoms with E-state index in [1.165, 1.54) is 0 Å². The Balaban J connectivity index is 0.936. The molecule has 5 fully saturated rings. The molecule has 32 heteroatoms. The van der Waals surface area contributed by atoms with Gasteiger partial charge in [-0.3, -0.25) is 4.98 Å². The molecule has 20 atom stereocenters. The average molecular weight is 1620 g/mol. The van der Waals surface area contributed by atoms with Gasteiger partial charge in [-0.15, -0.1) is 0 Å². The van der Waals surface area contributed by atoms with E-state index in [1.54, 1.807) is 188 Å². The number of aliphatic hydroxyl groups excluding tert-OH is 4. The molecule has 0 bridgehead atoms. The molecular weight excluding hydrogens is 1520 g/mol. The van der Waals surface area contributed by atoms with E-state index in [2.05, 4.69) is 36.9 Å². The molecule has 1 aliphatic carbocycles. The van der Waals surface area contributed by atoms with E-state index < -0.39 is 173 Å². The number of hydrogen-bond donors (Lipinski definition) is 10. The van der Waals surface area contributed by atoms with Crippen molar-refractivity contribution in [3.63, 3.8) is 0 Å². The molecule has 5 aliphatic rings. The van der Waals surface area contributed by atoms with Gasteiger partial charge in [0.05, 0.1) is 31.9 Å². The van der Waals surface area contributed by atoms with Gasteiger partial charge in [0.1, 0.15) is 118 Å². The Bertz CT molecular complexity index is 4180. The van der Waals surface area contributed by atoms with Crippen LogP contribution in [0.15, 0.2) is 207 Å². The maximum atomic E-state index is 14.7. The number of nitrogens with zero attached hydrogens (tertiary/aromatic N) is 1. The van der Waals surface area contributed by atoms with Crippen LogP contribution in [0.3, 0.4) is 0 Å². The van der Waals surface area contributed by atoms with Crippen molar-refractivity contribution in [3.8, 4) is 0 Å².